The molecule has 0 bridgehead atoms. The summed E-state index contributed by atoms with van der Waals surface area (Å²) in [5.41, 5.74) is 1.25. The monoisotopic (exact) mass is 193 g/mol. The summed E-state index contributed by atoms with van der Waals surface area (Å²) in [6.45, 7) is 1.87. The maximum Gasteiger partial charge on any atom is 0.0138 e. The number of rotatable bonds is 5. The van der Waals surface area contributed by atoms with Gasteiger partial charge in [-0.25, -0.2) is 0 Å². The smallest absolute Gasteiger partial charge is 0.0138 e. The van der Waals surface area contributed by atoms with Crippen LogP contribution < -0.4 is 5.32 Å². The lowest BCUT2D eigenvalue weighted by Crippen LogP contribution is -2.15. The Morgan fingerprint density at radius 2 is 2.00 bits per heavy atom. The van der Waals surface area contributed by atoms with Gasteiger partial charge in [0.2, 0.25) is 0 Å². The topological polar surface area (TPSA) is 12.0 Å². The van der Waals surface area contributed by atoms with Crippen LogP contribution in [0.5, 0.6) is 0 Å². The molecule has 0 saturated heterocycles. The van der Waals surface area contributed by atoms with E-state index in [9.17, 15) is 0 Å². The van der Waals surface area contributed by atoms with Gasteiger partial charge in [-0.15, -0.1) is 0 Å². The summed E-state index contributed by atoms with van der Waals surface area (Å²) in [6.07, 6.45) is 4.24. The number of benzene rings is 1. The molecule has 0 aliphatic rings. The zero-order valence-corrected chi connectivity index (χ0v) is 8.50. The Morgan fingerprint density at radius 3 is 2.69 bits per heavy atom. The molecule has 0 aliphatic carbocycles. The summed E-state index contributed by atoms with van der Waals surface area (Å²) in [7, 11) is 0. The Labute approximate surface area is 85.3 Å². The van der Waals surface area contributed by atoms with E-state index >= 15 is 0 Å². The average molecular weight is 193 g/mol. The predicted octanol–water partition coefficient (Wildman–Crippen LogP) is 2.22. The third-order valence-corrected chi connectivity index (χ3v) is 1.88. The van der Waals surface area contributed by atoms with E-state index in [4.69, 9.17) is 0 Å². The van der Waals surface area contributed by atoms with Crippen LogP contribution in [0.25, 0.3) is 6.08 Å². The maximum atomic E-state index is 4.11. The second-order valence-electron chi connectivity index (χ2n) is 2.74. The third-order valence-electron chi connectivity index (χ3n) is 1.66. The standard InChI is InChI=1S/C11H15NS/c13-10-9-12-8-4-7-11-5-2-1-3-6-11/h1-7,12-13H,8-10H2/b7-4+. The molecular formula is C11H15NS. The Kier molecular flexibility index (Phi) is 5.38. The van der Waals surface area contributed by atoms with Crippen molar-refractivity contribution in [2.75, 3.05) is 18.8 Å². The fraction of sp³-hybridized carbons (Fsp3) is 0.273. The van der Waals surface area contributed by atoms with Gasteiger partial charge < -0.3 is 5.32 Å². The van der Waals surface area contributed by atoms with Crippen LogP contribution in [-0.2, 0) is 0 Å². The summed E-state index contributed by atoms with van der Waals surface area (Å²) < 4.78 is 0. The van der Waals surface area contributed by atoms with Crippen molar-refractivity contribution in [3.63, 3.8) is 0 Å². The summed E-state index contributed by atoms with van der Waals surface area (Å²) in [5.74, 6) is 0.888. The minimum Gasteiger partial charge on any atom is -0.312 e. The Balaban J connectivity index is 2.25. The molecule has 0 fully saturated rings. The first kappa shape index (κ1) is 10.4. The molecule has 0 atom stereocenters. The Morgan fingerprint density at radius 1 is 1.23 bits per heavy atom. The molecular weight excluding hydrogens is 178 g/mol. The van der Waals surface area contributed by atoms with E-state index in [0.717, 1.165) is 18.8 Å². The van der Waals surface area contributed by atoms with Gasteiger partial charge in [0.05, 0.1) is 0 Å². The van der Waals surface area contributed by atoms with Crippen LogP contribution in [0.1, 0.15) is 5.56 Å². The average Bonchev–Trinajstić information content (AvgIpc) is 2.19. The van der Waals surface area contributed by atoms with Gasteiger partial charge >= 0.3 is 0 Å². The van der Waals surface area contributed by atoms with Gasteiger partial charge in [-0.2, -0.15) is 12.6 Å². The zero-order valence-electron chi connectivity index (χ0n) is 7.61. The molecule has 13 heavy (non-hydrogen) atoms. The van der Waals surface area contributed by atoms with Crippen LogP contribution >= 0.6 is 12.6 Å². The quantitative estimate of drug-likeness (QED) is 0.540. The van der Waals surface area contributed by atoms with E-state index in [1.807, 2.05) is 18.2 Å². The lowest BCUT2D eigenvalue weighted by atomic mass is 10.2. The van der Waals surface area contributed by atoms with Crippen molar-refractivity contribution in [1.82, 2.24) is 5.32 Å². The molecule has 1 aromatic carbocycles. The molecule has 0 aliphatic heterocycles. The summed E-state index contributed by atoms with van der Waals surface area (Å²) >= 11 is 4.11. The highest BCUT2D eigenvalue weighted by molar-refractivity contribution is 7.80. The fourth-order valence-electron chi connectivity index (χ4n) is 1.02. The van der Waals surface area contributed by atoms with Crippen LogP contribution in [0.2, 0.25) is 0 Å². The molecule has 0 saturated carbocycles. The van der Waals surface area contributed by atoms with Gasteiger partial charge in [0.1, 0.15) is 0 Å². The number of thiol groups is 1. The minimum absolute atomic E-state index is 0.888. The lowest BCUT2D eigenvalue weighted by Gasteiger charge is -1.96. The molecule has 2 heteroatoms. The SMILES string of the molecule is SCCNC/C=C/c1ccccc1. The first-order valence-corrected chi connectivity index (χ1v) is 5.10. The van der Waals surface area contributed by atoms with Crippen molar-refractivity contribution in [2.45, 2.75) is 0 Å². The molecule has 0 unspecified atom stereocenters. The van der Waals surface area contributed by atoms with Crippen molar-refractivity contribution in [1.29, 1.82) is 0 Å². The normalized spacial score (nSPS) is 10.8. The van der Waals surface area contributed by atoms with Crippen LogP contribution in [0.15, 0.2) is 36.4 Å². The highest BCUT2D eigenvalue weighted by atomic mass is 32.1. The predicted molar refractivity (Wildman–Crippen MR) is 62.2 cm³/mol. The molecule has 0 spiro atoms. The first-order chi connectivity index (χ1) is 6.43. The van der Waals surface area contributed by atoms with Gasteiger partial charge in [0, 0.05) is 18.8 Å². The van der Waals surface area contributed by atoms with E-state index in [1.54, 1.807) is 0 Å². The van der Waals surface area contributed by atoms with Crippen molar-refractivity contribution in [3.05, 3.63) is 42.0 Å². The van der Waals surface area contributed by atoms with E-state index in [0.29, 0.717) is 0 Å². The molecule has 0 aromatic heterocycles. The van der Waals surface area contributed by atoms with Crippen LogP contribution in [0.4, 0.5) is 0 Å². The van der Waals surface area contributed by atoms with E-state index < -0.39 is 0 Å². The number of hydrogen-bond acceptors (Lipinski definition) is 2. The van der Waals surface area contributed by atoms with Crippen LogP contribution in [0, 0.1) is 0 Å². The highest BCUT2D eigenvalue weighted by Gasteiger charge is 1.82. The fourth-order valence-corrected chi connectivity index (χ4v) is 1.18. The molecule has 0 radical (unpaired) electrons. The summed E-state index contributed by atoms with van der Waals surface area (Å²) in [6, 6.07) is 10.3. The zero-order chi connectivity index (χ0) is 9.36. The van der Waals surface area contributed by atoms with Gasteiger partial charge in [-0.05, 0) is 5.56 Å². The van der Waals surface area contributed by atoms with E-state index in [1.165, 1.54) is 5.56 Å². The van der Waals surface area contributed by atoms with Crippen molar-refractivity contribution >= 4 is 18.7 Å². The van der Waals surface area contributed by atoms with Crippen LogP contribution in [-0.4, -0.2) is 18.8 Å². The Hall–Kier alpha value is -0.730. The van der Waals surface area contributed by atoms with E-state index in [-0.39, 0.29) is 0 Å². The summed E-state index contributed by atoms with van der Waals surface area (Å²) in [5, 5.41) is 3.24. The van der Waals surface area contributed by atoms with Crippen LogP contribution in [0.3, 0.4) is 0 Å². The Bertz CT molecular complexity index is 244. The number of hydrogen-bond donors (Lipinski definition) is 2. The molecule has 1 N–H and O–H groups in total. The van der Waals surface area contributed by atoms with Gasteiger partial charge in [0.15, 0.2) is 0 Å². The number of nitrogens with one attached hydrogen (secondary N) is 1. The molecule has 1 nitrogen and oxygen atoms in total. The van der Waals surface area contributed by atoms with Gasteiger partial charge in [0.25, 0.3) is 0 Å². The van der Waals surface area contributed by atoms with E-state index in [2.05, 4.69) is 42.2 Å². The lowest BCUT2D eigenvalue weighted by molar-refractivity contribution is 0.809. The van der Waals surface area contributed by atoms with Gasteiger partial charge in [-0.1, -0.05) is 42.5 Å². The molecule has 70 valence electrons. The first-order valence-electron chi connectivity index (χ1n) is 4.46. The second-order valence-corrected chi connectivity index (χ2v) is 3.19. The maximum absolute atomic E-state index is 4.11. The molecule has 1 aromatic rings. The second kappa shape index (κ2) is 6.75. The van der Waals surface area contributed by atoms with Crippen molar-refractivity contribution < 1.29 is 0 Å². The van der Waals surface area contributed by atoms with Crippen molar-refractivity contribution in [3.8, 4) is 0 Å². The largest absolute Gasteiger partial charge is 0.312 e. The molecule has 1 rings (SSSR count). The third kappa shape index (κ3) is 4.76. The highest BCUT2D eigenvalue weighted by Crippen LogP contribution is 1.99. The van der Waals surface area contributed by atoms with Gasteiger partial charge in [-0.3, -0.25) is 0 Å². The van der Waals surface area contributed by atoms with Crippen molar-refractivity contribution in [2.24, 2.45) is 0 Å². The minimum atomic E-state index is 0.888. The molecule has 0 heterocycles. The molecule has 0 amide bonds. The summed E-state index contributed by atoms with van der Waals surface area (Å²) in [4.78, 5) is 0.